The van der Waals surface area contributed by atoms with Crippen molar-refractivity contribution in [2.45, 2.75) is 13.3 Å². The molecule has 0 aliphatic carbocycles. The van der Waals surface area contributed by atoms with E-state index in [-0.39, 0.29) is 5.91 Å². The summed E-state index contributed by atoms with van der Waals surface area (Å²) < 4.78 is 4.90. The van der Waals surface area contributed by atoms with Crippen molar-refractivity contribution in [3.8, 4) is 0 Å². The molecule has 0 radical (unpaired) electrons. The summed E-state index contributed by atoms with van der Waals surface area (Å²) in [6, 6.07) is 1.59. The lowest BCUT2D eigenvalue weighted by Gasteiger charge is -2.06. The number of nitrogens with one attached hydrogen (secondary N) is 2. The van der Waals surface area contributed by atoms with Gasteiger partial charge in [-0.1, -0.05) is 6.92 Å². The molecule has 2 N–H and O–H groups in total. The molecule has 1 heterocycles. The number of rotatable bonds is 7. The van der Waals surface area contributed by atoms with E-state index in [4.69, 9.17) is 4.74 Å². The van der Waals surface area contributed by atoms with Crippen molar-refractivity contribution in [2.75, 3.05) is 32.1 Å². The second kappa shape index (κ2) is 7.56. The van der Waals surface area contributed by atoms with Gasteiger partial charge in [-0.2, -0.15) is 0 Å². The number of nitrogens with zero attached hydrogens (tertiary/aromatic N) is 2. The van der Waals surface area contributed by atoms with Crippen LogP contribution in [0, 0.1) is 0 Å². The molecule has 1 aromatic rings. The Morgan fingerprint density at radius 1 is 1.47 bits per heavy atom. The number of hydrogen-bond acceptors (Lipinski definition) is 5. The lowest BCUT2D eigenvalue weighted by molar-refractivity contribution is 0.0948. The Morgan fingerprint density at radius 3 is 3.00 bits per heavy atom. The van der Waals surface area contributed by atoms with Gasteiger partial charge < -0.3 is 15.4 Å². The van der Waals surface area contributed by atoms with Crippen LogP contribution >= 0.6 is 0 Å². The van der Waals surface area contributed by atoms with Crippen LogP contribution < -0.4 is 10.6 Å². The highest BCUT2D eigenvalue weighted by molar-refractivity contribution is 5.92. The molecule has 0 spiro atoms. The van der Waals surface area contributed by atoms with E-state index in [1.807, 2.05) is 6.92 Å². The van der Waals surface area contributed by atoms with Crippen molar-refractivity contribution in [2.24, 2.45) is 0 Å². The molecule has 6 nitrogen and oxygen atoms in total. The van der Waals surface area contributed by atoms with Gasteiger partial charge in [0.15, 0.2) is 0 Å². The van der Waals surface area contributed by atoms with Crippen LogP contribution in [-0.4, -0.2) is 42.7 Å². The maximum absolute atomic E-state index is 11.6. The third-order valence-electron chi connectivity index (χ3n) is 2.01. The second-order valence-corrected chi connectivity index (χ2v) is 3.44. The molecule has 0 unspecified atom stereocenters. The molecule has 0 aliphatic rings. The van der Waals surface area contributed by atoms with Gasteiger partial charge in [0.05, 0.1) is 6.61 Å². The Morgan fingerprint density at radius 2 is 2.29 bits per heavy atom. The fourth-order valence-electron chi connectivity index (χ4n) is 1.16. The van der Waals surface area contributed by atoms with Gasteiger partial charge in [0.1, 0.15) is 5.69 Å². The predicted molar refractivity (Wildman–Crippen MR) is 65.0 cm³/mol. The number of anilines is 1. The summed E-state index contributed by atoms with van der Waals surface area (Å²) in [7, 11) is 1.62. The summed E-state index contributed by atoms with van der Waals surface area (Å²) in [6.07, 6.45) is 2.46. The first-order valence-corrected chi connectivity index (χ1v) is 5.62. The summed E-state index contributed by atoms with van der Waals surface area (Å²) in [4.78, 5) is 19.8. The number of ether oxygens (including phenoxy) is 1. The molecule has 94 valence electrons. The van der Waals surface area contributed by atoms with Crippen molar-refractivity contribution in [3.05, 3.63) is 18.0 Å². The number of hydrogen-bond donors (Lipinski definition) is 2. The lowest BCUT2D eigenvalue weighted by atomic mass is 10.3. The van der Waals surface area contributed by atoms with Crippen molar-refractivity contribution in [1.29, 1.82) is 0 Å². The topological polar surface area (TPSA) is 76.1 Å². The molecular weight excluding hydrogens is 220 g/mol. The van der Waals surface area contributed by atoms with E-state index < -0.39 is 0 Å². The third kappa shape index (κ3) is 4.78. The van der Waals surface area contributed by atoms with E-state index in [0.717, 1.165) is 6.42 Å². The Balaban J connectivity index is 2.55. The Kier molecular flexibility index (Phi) is 5.95. The lowest BCUT2D eigenvalue weighted by Crippen LogP contribution is -2.25. The molecule has 0 atom stereocenters. The highest BCUT2D eigenvalue weighted by Gasteiger charge is 2.07. The predicted octanol–water partition coefficient (Wildman–Crippen LogP) is 0.675. The summed E-state index contributed by atoms with van der Waals surface area (Å²) in [5.74, 6) is 0.259. The van der Waals surface area contributed by atoms with Crippen LogP contribution in [0.15, 0.2) is 12.3 Å². The monoisotopic (exact) mass is 238 g/mol. The zero-order valence-corrected chi connectivity index (χ0v) is 10.2. The van der Waals surface area contributed by atoms with Crippen LogP contribution in [0.1, 0.15) is 23.8 Å². The first-order valence-electron chi connectivity index (χ1n) is 5.62. The number of aromatic nitrogens is 2. The van der Waals surface area contributed by atoms with Crippen molar-refractivity contribution < 1.29 is 9.53 Å². The van der Waals surface area contributed by atoms with Gasteiger partial charge >= 0.3 is 0 Å². The normalized spacial score (nSPS) is 10.0. The van der Waals surface area contributed by atoms with Crippen molar-refractivity contribution in [1.82, 2.24) is 15.3 Å². The Hall–Kier alpha value is -1.69. The van der Waals surface area contributed by atoms with Gasteiger partial charge in [0.25, 0.3) is 5.91 Å². The minimum atomic E-state index is -0.177. The van der Waals surface area contributed by atoms with E-state index >= 15 is 0 Å². The molecule has 0 saturated carbocycles. The van der Waals surface area contributed by atoms with Crippen LogP contribution in [0.5, 0.6) is 0 Å². The standard InChI is InChI=1S/C11H18N4O2/c1-3-5-12-10(16)9-4-6-13-11(15-9)14-7-8-17-2/h4,6H,3,5,7-8H2,1-2H3,(H,12,16)(H,13,14,15). The first-order chi connectivity index (χ1) is 8.27. The summed E-state index contributed by atoms with van der Waals surface area (Å²) in [5, 5.41) is 5.73. The van der Waals surface area contributed by atoms with Gasteiger partial charge in [-0.15, -0.1) is 0 Å². The third-order valence-corrected chi connectivity index (χ3v) is 2.01. The maximum Gasteiger partial charge on any atom is 0.270 e. The van der Waals surface area contributed by atoms with E-state index in [0.29, 0.717) is 31.3 Å². The SMILES string of the molecule is CCCNC(=O)c1ccnc(NCCOC)n1. The van der Waals surface area contributed by atoms with E-state index in [2.05, 4.69) is 20.6 Å². The molecular formula is C11H18N4O2. The minimum absolute atomic E-state index is 0.177. The summed E-state index contributed by atoms with van der Waals surface area (Å²) >= 11 is 0. The fraction of sp³-hybridized carbons (Fsp3) is 0.545. The smallest absolute Gasteiger partial charge is 0.270 e. The van der Waals surface area contributed by atoms with Crippen molar-refractivity contribution >= 4 is 11.9 Å². The van der Waals surface area contributed by atoms with Crippen LogP contribution in [-0.2, 0) is 4.74 Å². The molecule has 17 heavy (non-hydrogen) atoms. The van der Waals surface area contributed by atoms with Gasteiger partial charge in [0, 0.05) is 26.4 Å². The average molecular weight is 238 g/mol. The zero-order chi connectivity index (χ0) is 12.5. The van der Waals surface area contributed by atoms with Crippen LogP contribution in [0.3, 0.4) is 0 Å². The second-order valence-electron chi connectivity index (χ2n) is 3.44. The maximum atomic E-state index is 11.6. The Bertz CT molecular complexity index is 357. The van der Waals surface area contributed by atoms with Gasteiger partial charge in [-0.25, -0.2) is 9.97 Å². The first kappa shape index (κ1) is 13.4. The molecule has 6 heteroatoms. The molecule has 1 rings (SSSR count). The van der Waals surface area contributed by atoms with Crippen LogP contribution in [0.4, 0.5) is 5.95 Å². The number of carbonyl (C=O) groups excluding carboxylic acids is 1. The van der Waals surface area contributed by atoms with E-state index in [9.17, 15) is 4.79 Å². The van der Waals surface area contributed by atoms with E-state index in [1.165, 1.54) is 0 Å². The van der Waals surface area contributed by atoms with Crippen LogP contribution in [0.2, 0.25) is 0 Å². The number of methoxy groups -OCH3 is 1. The minimum Gasteiger partial charge on any atom is -0.383 e. The van der Waals surface area contributed by atoms with Gasteiger partial charge in [-0.05, 0) is 12.5 Å². The van der Waals surface area contributed by atoms with Gasteiger partial charge in [-0.3, -0.25) is 4.79 Å². The molecule has 0 fully saturated rings. The molecule has 0 bridgehead atoms. The molecule has 0 aliphatic heterocycles. The van der Waals surface area contributed by atoms with Crippen LogP contribution in [0.25, 0.3) is 0 Å². The van der Waals surface area contributed by atoms with Gasteiger partial charge in [0.2, 0.25) is 5.95 Å². The average Bonchev–Trinajstić information content (AvgIpc) is 2.36. The molecule has 0 aromatic carbocycles. The molecule has 1 aromatic heterocycles. The van der Waals surface area contributed by atoms with E-state index in [1.54, 1.807) is 19.4 Å². The summed E-state index contributed by atoms with van der Waals surface area (Å²) in [6.45, 7) is 3.82. The summed E-state index contributed by atoms with van der Waals surface area (Å²) in [5.41, 5.74) is 0.369. The highest BCUT2D eigenvalue weighted by atomic mass is 16.5. The number of amides is 1. The quantitative estimate of drug-likeness (QED) is 0.683. The largest absolute Gasteiger partial charge is 0.383 e. The molecule has 1 amide bonds. The zero-order valence-electron chi connectivity index (χ0n) is 10.2. The highest BCUT2D eigenvalue weighted by Crippen LogP contribution is 2.00. The number of carbonyl (C=O) groups is 1. The Labute approximate surface area is 101 Å². The fourth-order valence-corrected chi connectivity index (χ4v) is 1.16. The molecule has 0 saturated heterocycles. The van der Waals surface area contributed by atoms with Crippen molar-refractivity contribution in [3.63, 3.8) is 0 Å².